The second-order valence-electron chi connectivity index (χ2n) is 7.87. The Labute approximate surface area is 168 Å². The molecule has 0 spiro atoms. The van der Waals surface area contributed by atoms with Crippen LogP contribution in [-0.2, 0) is 9.53 Å². The second-order valence-corrected chi connectivity index (χ2v) is 8.93. The smallest absolute Gasteiger partial charge is 0.123 e. The number of aliphatic hydroxyl groups is 1. The highest BCUT2D eigenvalue weighted by molar-refractivity contribution is 9.09. The van der Waals surface area contributed by atoms with Gasteiger partial charge in [0, 0.05) is 10.7 Å². The number of carbonyl (C=O) groups excluding carboxylic acids is 1. The molecule has 1 N–H and O–H groups in total. The van der Waals surface area contributed by atoms with Crippen molar-refractivity contribution < 1.29 is 14.6 Å². The molecule has 2 aromatic rings. The highest BCUT2D eigenvalue weighted by Crippen LogP contribution is 2.56. The molecule has 0 aromatic heterocycles. The molecule has 27 heavy (non-hydrogen) atoms. The van der Waals surface area contributed by atoms with Gasteiger partial charge >= 0.3 is 0 Å². The summed E-state index contributed by atoms with van der Waals surface area (Å²) in [7, 11) is 0. The lowest BCUT2D eigenvalue weighted by Gasteiger charge is -2.38. The van der Waals surface area contributed by atoms with Crippen molar-refractivity contribution in [2.45, 2.75) is 36.5 Å². The van der Waals surface area contributed by atoms with E-state index in [1.54, 1.807) is 0 Å². The number of carbonyl (C=O) groups is 1. The Balaban J connectivity index is 1.63. The van der Waals surface area contributed by atoms with Crippen molar-refractivity contribution in [2.24, 2.45) is 23.7 Å². The predicted molar refractivity (Wildman–Crippen MR) is 108 cm³/mol. The van der Waals surface area contributed by atoms with E-state index < -0.39 is 12.2 Å². The molecule has 5 unspecified atom stereocenters. The Hall–Kier alpha value is -1.49. The van der Waals surface area contributed by atoms with Crippen LogP contribution in [0, 0.1) is 23.7 Å². The molecule has 0 radical (unpaired) electrons. The van der Waals surface area contributed by atoms with Gasteiger partial charge in [0.05, 0.1) is 6.10 Å². The zero-order chi connectivity index (χ0) is 19.0. The maximum Gasteiger partial charge on any atom is 0.123 e. The Morgan fingerprint density at radius 1 is 1.04 bits per heavy atom. The van der Waals surface area contributed by atoms with Gasteiger partial charge in [-0.2, -0.15) is 0 Å². The average molecular weight is 429 g/mol. The number of benzene rings is 2. The van der Waals surface area contributed by atoms with Crippen molar-refractivity contribution >= 4 is 22.2 Å². The van der Waals surface area contributed by atoms with Gasteiger partial charge in [-0.1, -0.05) is 83.5 Å². The molecule has 0 amide bonds. The minimum Gasteiger partial charge on any atom is -0.385 e. The molecule has 8 atom stereocenters. The van der Waals surface area contributed by atoms with E-state index in [4.69, 9.17) is 4.74 Å². The first-order chi connectivity index (χ1) is 13.1. The summed E-state index contributed by atoms with van der Waals surface area (Å²) in [6.07, 6.45) is 0.800. The third-order valence-corrected chi connectivity index (χ3v) is 7.68. The zero-order valence-electron chi connectivity index (χ0n) is 15.3. The number of halogens is 1. The molecular formula is C23H25BrO3. The maximum atomic E-state index is 11.7. The van der Waals surface area contributed by atoms with Crippen molar-refractivity contribution in [3.8, 4) is 0 Å². The monoisotopic (exact) mass is 428 g/mol. The average Bonchev–Trinajstić information content (AvgIpc) is 3.21. The van der Waals surface area contributed by atoms with E-state index in [1.807, 2.05) is 60.7 Å². The van der Waals surface area contributed by atoms with Gasteiger partial charge in [0.1, 0.15) is 18.5 Å². The van der Waals surface area contributed by atoms with Gasteiger partial charge in [0.25, 0.3) is 0 Å². The van der Waals surface area contributed by atoms with Crippen LogP contribution in [0.4, 0.5) is 0 Å². The SMILES string of the molecule is CC1C2CC(C(O[C@@H](c3ccccc3)[C@@H](O)c3ccccc3)C2Br)[C@H]1C=O. The van der Waals surface area contributed by atoms with Crippen molar-refractivity contribution in [1.82, 2.24) is 0 Å². The van der Waals surface area contributed by atoms with Crippen molar-refractivity contribution in [3.63, 3.8) is 0 Å². The minimum atomic E-state index is -0.764. The molecule has 0 aliphatic heterocycles. The summed E-state index contributed by atoms with van der Waals surface area (Å²) in [5, 5.41) is 11.1. The Morgan fingerprint density at radius 3 is 2.19 bits per heavy atom. The summed E-state index contributed by atoms with van der Waals surface area (Å²) < 4.78 is 6.58. The van der Waals surface area contributed by atoms with Crippen LogP contribution in [0.2, 0.25) is 0 Å². The molecule has 4 heteroatoms. The van der Waals surface area contributed by atoms with E-state index in [1.165, 1.54) is 0 Å². The molecule has 2 fully saturated rings. The van der Waals surface area contributed by atoms with Crippen molar-refractivity contribution in [1.29, 1.82) is 0 Å². The molecule has 2 bridgehead atoms. The van der Waals surface area contributed by atoms with Gasteiger partial charge < -0.3 is 14.6 Å². The van der Waals surface area contributed by atoms with Crippen LogP contribution in [0.3, 0.4) is 0 Å². The van der Waals surface area contributed by atoms with E-state index in [9.17, 15) is 9.90 Å². The zero-order valence-corrected chi connectivity index (χ0v) is 16.9. The molecule has 0 saturated heterocycles. The topological polar surface area (TPSA) is 46.5 Å². The third-order valence-electron chi connectivity index (χ3n) is 6.48. The van der Waals surface area contributed by atoms with E-state index >= 15 is 0 Å². The van der Waals surface area contributed by atoms with Crippen LogP contribution in [0.25, 0.3) is 0 Å². The summed E-state index contributed by atoms with van der Waals surface area (Å²) in [6, 6.07) is 19.5. The fourth-order valence-electron chi connectivity index (χ4n) is 4.99. The standard InChI is InChI=1S/C23H25BrO3/c1-14-17-12-18(19(14)13-25)23(20(17)24)27-22(16-10-6-3-7-11-16)21(26)15-8-4-2-5-9-15/h2-11,13-14,17-23,26H,12H2,1H3/t14?,17?,18?,19-,20?,21-,22-,23?/m0/s1. The largest absolute Gasteiger partial charge is 0.385 e. The van der Waals surface area contributed by atoms with Gasteiger partial charge in [-0.15, -0.1) is 0 Å². The number of alkyl halides is 1. The number of rotatable bonds is 6. The molecule has 142 valence electrons. The Kier molecular flexibility index (Phi) is 5.49. The van der Waals surface area contributed by atoms with Crippen LogP contribution in [0.15, 0.2) is 60.7 Å². The molecule has 3 nitrogen and oxygen atoms in total. The van der Waals surface area contributed by atoms with E-state index in [2.05, 4.69) is 22.9 Å². The lowest BCUT2D eigenvalue weighted by molar-refractivity contribution is -0.125. The van der Waals surface area contributed by atoms with E-state index in [0.717, 1.165) is 23.8 Å². The fraction of sp³-hybridized carbons (Fsp3) is 0.435. The van der Waals surface area contributed by atoms with Crippen LogP contribution >= 0.6 is 15.9 Å². The highest BCUT2D eigenvalue weighted by atomic mass is 79.9. The Morgan fingerprint density at radius 2 is 1.63 bits per heavy atom. The number of aliphatic hydroxyl groups excluding tert-OH is 1. The molecule has 4 rings (SSSR count). The Bertz CT molecular complexity index is 766. The summed E-state index contributed by atoms with van der Waals surface area (Å²) in [5.74, 6) is 1.08. The second kappa shape index (κ2) is 7.86. The van der Waals surface area contributed by atoms with Crippen molar-refractivity contribution in [2.75, 3.05) is 0 Å². The highest BCUT2D eigenvalue weighted by Gasteiger charge is 2.57. The first-order valence-electron chi connectivity index (χ1n) is 9.64. The summed E-state index contributed by atoms with van der Waals surface area (Å²) in [6.45, 7) is 2.17. The molecule has 2 aliphatic rings. The lowest BCUT2D eigenvalue weighted by Crippen LogP contribution is -2.41. The molecule has 2 saturated carbocycles. The van der Waals surface area contributed by atoms with Crippen molar-refractivity contribution in [3.05, 3.63) is 71.8 Å². The van der Waals surface area contributed by atoms with Crippen LogP contribution < -0.4 is 0 Å². The van der Waals surface area contributed by atoms with Gasteiger partial charge in [0.15, 0.2) is 0 Å². The lowest BCUT2D eigenvalue weighted by atomic mass is 9.79. The number of hydrogen-bond donors (Lipinski definition) is 1. The number of aldehydes is 1. The quantitative estimate of drug-likeness (QED) is 0.535. The normalized spacial score (nSPS) is 34.3. The van der Waals surface area contributed by atoms with Gasteiger partial charge in [-0.05, 0) is 35.3 Å². The van der Waals surface area contributed by atoms with Gasteiger partial charge in [-0.3, -0.25) is 0 Å². The molecule has 2 aliphatic carbocycles. The van der Waals surface area contributed by atoms with Crippen LogP contribution in [0.5, 0.6) is 0 Å². The number of ether oxygens (including phenoxy) is 1. The summed E-state index contributed by atoms with van der Waals surface area (Å²) >= 11 is 3.84. The molecule has 2 aromatic carbocycles. The van der Waals surface area contributed by atoms with Crippen LogP contribution in [-0.4, -0.2) is 22.3 Å². The van der Waals surface area contributed by atoms with E-state index in [-0.39, 0.29) is 22.8 Å². The first kappa shape index (κ1) is 18.9. The predicted octanol–water partition coefficient (Wildman–Crippen LogP) is 4.71. The summed E-state index contributed by atoms with van der Waals surface area (Å²) in [4.78, 5) is 11.9. The van der Waals surface area contributed by atoms with Gasteiger partial charge in [0.2, 0.25) is 0 Å². The number of hydrogen-bond acceptors (Lipinski definition) is 3. The first-order valence-corrected chi connectivity index (χ1v) is 10.6. The maximum absolute atomic E-state index is 11.7. The summed E-state index contributed by atoms with van der Waals surface area (Å²) in [5.41, 5.74) is 1.79. The van der Waals surface area contributed by atoms with Gasteiger partial charge in [-0.25, -0.2) is 0 Å². The minimum absolute atomic E-state index is 0.0408. The van der Waals surface area contributed by atoms with Crippen LogP contribution in [0.1, 0.15) is 36.7 Å². The third kappa shape index (κ3) is 3.39. The fourth-order valence-corrected chi connectivity index (χ4v) is 6.20. The van der Waals surface area contributed by atoms with E-state index in [0.29, 0.717) is 11.8 Å². The molecule has 0 heterocycles. The molecular weight excluding hydrogens is 404 g/mol. The number of fused-ring (bicyclic) bond motifs is 2.